The summed E-state index contributed by atoms with van der Waals surface area (Å²) >= 11 is 0. The normalized spacial score (nSPS) is 37.8. The predicted molar refractivity (Wildman–Crippen MR) is 50.9 cm³/mol. The molecule has 3 N–H and O–H groups in total. The van der Waals surface area contributed by atoms with Crippen LogP contribution in [0.4, 0.5) is 0 Å². The quantitative estimate of drug-likeness (QED) is 0.621. The molecule has 1 aliphatic rings. The van der Waals surface area contributed by atoms with Crippen molar-refractivity contribution in [2.75, 3.05) is 6.54 Å². The fourth-order valence-corrected chi connectivity index (χ4v) is 2.08. The van der Waals surface area contributed by atoms with Gasteiger partial charge in [-0.1, -0.05) is 19.8 Å². The molecular weight excluding hydrogens is 150 g/mol. The van der Waals surface area contributed by atoms with Crippen LogP contribution in [0.5, 0.6) is 0 Å². The summed E-state index contributed by atoms with van der Waals surface area (Å²) < 4.78 is 0. The molecule has 0 spiro atoms. The Labute approximate surface area is 75.2 Å². The molecule has 1 saturated carbocycles. The summed E-state index contributed by atoms with van der Waals surface area (Å²) in [7, 11) is 0. The molecule has 1 rings (SSSR count). The van der Waals surface area contributed by atoms with Gasteiger partial charge in [-0.05, 0) is 38.1 Å². The molecule has 0 aromatic carbocycles. The zero-order valence-electron chi connectivity index (χ0n) is 8.05. The molecular formula is C10H21NO. The topological polar surface area (TPSA) is 46.2 Å². The molecule has 0 aliphatic heterocycles. The molecule has 0 heterocycles. The maximum Gasteiger partial charge on any atom is 0.0660 e. The van der Waals surface area contributed by atoms with Crippen molar-refractivity contribution in [1.82, 2.24) is 0 Å². The first kappa shape index (κ1) is 10.0. The standard InChI is InChI=1S/C10H21NO/c1-9-3-2-5-10(12,6-4-9)7-8-11/h9,12H,2-8,11H2,1H3. The molecule has 0 amide bonds. The van der Waals surface area contributed by atoms with Crippen LogP contribution in [-0.4, -0.2) is 17.3 Å². The Morgan fingerprint density at radius 3 is 2.83 bits per heavy atom. The van der Waals surface area contributed by atoms with Gasteiger partial charge in [0.05, 0.1) is 5.60 Å². The second-order valence-electron chi connectivity index (χ2n) is 4.30. The fourth-order valence-electron chi connectivity index (χ4n) is 2.08. The molecule has 0 aromatic heterocycles. The summed E-state index contributed by atoms with van der Waals surface area (Å²) in [6, 6.07) is 0. The fraction of sp³-hybridized carbons (Fsp3) is 1.00. The highest BCUT2D eigenvalue weighted by atomic mass is 16.3. The molecule has 2 nitrogen and oxygen atoms in total. The van der Waals surface area contributed by atoms with Gasteiger partial charge in [-0.2, -0.15) is 0 Å². The van der Waals surface area contributed by atoms with E-state index in [9.17, 15) is 5.11 Å². The van der Waals surface area contributed by atoms with Crippen molar-refractivity contribution in [3.8, 4) is 0 Å². The van der Waals surface area contributed by atoms with Crippen molar-refractivity contribution >= 4 is 0 Å². The van der Waals surface area contributed by atoms with E-state index in [1.807, 2.05) is 0 Å². The second kappa shape index (κ2) is 4.24. The number of aliphatic hydroxyl groups is 1. The Morgan fingerprint density at radius 1 is 1.42 bits per heavy atom. The molecule has 0 saturated heterocycles. The molecule has 2 atom stereocenters. The Hall–Kier alpha value is -0.0800. The molecule has 2 heteroatoms. The van der Waals surface area contributed by atoms with E-state index in [-0.39, 0.29) is 0 Å². The third-order valence-electron chi connectivity index (χ3n) is 3.05. The van der Waals surface area contributed by atoms with Crippen molar-refractivity contribution < 1.29 is 5.11 Å². The summed E-state index contributed by atoms with van der Waals surface area (Å²) in [4.78, 5) is 0. The van der Waals surface area contributed by atoms with Crippen LogP contribution < -0.4 is 5.73 Å². The maximum atomic E-state index is 10.1. The molecule has 2 unspecified atom stereocenters. The summed E-state index contributed by atoms with van der Waals surface area (Å²) in [5, 5.41) is 10.1. The first-order valence-corrected chi connectivity index (χ1v) is 5.09. The highest BCUT2D eigenvalue weighted by Crippen LogP contribution is 2.31. The highest BCUT2D eigenvalue weighted by molar-refractivity contribution is 4.82. The molecule has 72 valence electrons. The van der Waals surface area contributed by atoms with Gasteiger partial charge in [0.15, 0.2) is 0 Å². The molecule has 12 heavy (non-hydrogen) atoms. The lowest BCUT2D eigenvalue weighted by Gasteiger charge is -2.25. The van der Waals surface area contributed by atoms with Gasteiger partial charge in [0.1, 0.15) is 0 Å². The lowest BCUT2D eigenvalue weighted by molar-refractivity contribution is 0.0180. The van der Waals surface area contributed by atoms with Crippen LogP contribution in [0.15, 0.2) is 0 Å². The minimum atomic E-state index is -0.431. The third kappa shape index (κ3) is 2.76. The molecule has 0 bridgehead atoms. The van der Waals surface area contributed by atoms with Gasteiger partial charge in [0.2, 0.25) is 0 Å². The van der Waals surface area contributed by atoms with Crippen molar-refractivity contribution in [3.05, 3.63) is 0 Å². The van der Waals surface area contributed by atoms with Gasteiger partial charge in [0.25, 0.3) is 0 Å². The SMILES string of the molecule is CC1CCCC(O)(CCN)CC1. The van der Waals surface area contributed by atoms with Crippen LogP contribution >= 0.6 is 0 Å². The number of hydrogen-bond acceptors (Lipinski definition) is 2. The van der Waals surface area contributed by atoms with Crippen LogP contribution in [0.1, 0.15) is 45.4 Å². The van der Waals surface area contributed by atoms with Crippen molar-refractivity contribution in [2.24, 2.45) is 11.7 Å². The largest absolute Gasteiger partial charge is 0.390 e. The summed E-state index contributed by atoms with van der Waals surface area (Å²) in [6.45, 7) is 2.89. The lowest BCUT2D eigenvalue weighted by Crippen LogP contribution is -2.30. The smallest absolute Gasteiger partial charge is 0.0660 e. The number of nitrogens with two attached hydrogens (primary N) is 1. The average molecular weight is 171 g/mol. The Bertz CT molecular complexity index is 138. The van der Waals surface area contributed by atoms with E-state index in [1.54, 1.807) is 0 Å². The first-order chi connectivity index (χ1) is 5.66. The van der Waals surface area contributed by atoms with Crippen LogP contribution in [0, 0.1) is 5.92 Å². The van der Waals surface area contributed by atoms with Crippen molar-refractivity contribution in [2.45, 2.75) is 51.0 Å². The van der Waals surface area contributed by atoms with Crippen LogP contribution in [0.25, 0.3) is 0 Å². The van der Waals surface area contributed by atoms with E-state index in [0.717, 1.165) is 38.0 Å². The van der Waals surface area contributed by atoms with Crippen LogP contribution in [-0.2, 0) is 0 Å². The first-order valence-electron chi connectivity index (χ1n) is 5.09. The van der Waals surface area contributed by atoms with Gasteiger partial charge in [-0.25, -0.2) is 0 Å². The summed E-state index contributed by atoms with van der Waals surface area (Å²) in [5.41, 5.74) is 5.04. The Kier molecular flexibility index (Phi) is 3.53. The van der Waals surface area contributed by atoms with Gasteiger partial charge < -0.3 is 10.8 Å². The third-order valence-corrected chi connectivity index (χ3v) is 3.05. The van der Waals surface area contributed by atoms with E-state index >= 15 is 0 Å². The Morgan fingerprint density at radius 2 is 2.17 bits per heavy atom. The Balaban J connectivity index is 2.43. The van der Waals surface area contributed by atoms with E-state index in [2.05, 4.69) is 6.92 Å². The molecule has 1 aliphatic carbocycles. The van der Waals surface area contributed by atoms with Gasteiger partial charge in [0, 0.05) is 0 Å². The zero-order chi connectivity index (χ0) is 9.03. The zero-order valence-corrected chi connectivity index (χ0v) is 8.05. The molecule has 0 radical (unpaired) electrons. The summed E-state index contributed by atoms with van der Waals surface area (Å²) in [6.07, 6.45) is 6.28. The molecule has 0 aromatic rings. The van der Waals surface area contributed by atoms with Crippen molar-refractivity contribution in [1.29, 1.82) is 0 Å². The van der Waals surface area contributed by atoms with E-state index in [1.165, 1.54) is 6.42 Å². The average Bonchev–Trinajstić information content (AvgIpc) is 2.15. The van der Waals surface area contributed by atoms with E-state index < -0.39 is 5.60 Å². The monoisotopic (exact) mass is 171 g/mol. The predicted octanol–water partition coefficient (Wildman–Crippen LogP) is 1.67. The van der Waals surface area contributed by atoms with E-state index in [4.69, 9.17) is 5.73 Å². The summed E-state index contributed by atoms with van der Waals surface area (Å²) in [5.74, 6) is 0.789. The van der Waals surface area contributed by atoms with Gasteiger partial charge >= 0.3 is 0 Å². The second-order valence-corrected chi connectivity index (χ2v) is 4.30. The van der Waals surface area contributed by atoms with Gasteiger partial charge in [-0.15, -0.1) is 0 Å². The number of hydrogen-bond donors (Lipinski definition) is 2. The van der Waals surface area contributed by atoms with Crippen molar-refractivity contribution in [3.63, 3.8) is 0 Å². The highest BCUT2D eigenvalue weighted by Gasteiger charge is 2.28. The number of rotatable bonds is 2. The maximum absolute atomic E-state index is 10.1. The van der Waals surface area contributed by atoms with E-state index in [0.29, 0.717) is 6.54 Å². The lowest BCUT2D eigenvalue weighted by atomic mass is 9.90. The minimum Gasteiger partial charge on any atom is -0.390 e. The minimum absolute atomic E-state index is 0.431. The van der Waals surface area contributed by atoms with Crippen LogP contribution in [0.2, 0.25) is 0 Å². The van der Waals surface area contributed by atoms with Crippen LogP contribution in [0.3, 0.4) is 0 Å². The molecule has 1 fully saturated rings. The van der Waals surface area contributed by atoms with Gasteiger partial charge in [-0.3, -0.25) is 0 Å².